The molecule has 2 heterocycles. The van der Waals surface area contributed by atoms with Crippen LogP contribution in [0.5, 0.6) is 0 Å². The summed E-state index contributed by atoms with van der Waals surface area (Å²) >= 11 is 0. The smallest absolute Gasteiger partial charge is 0.261 e. The lowest BCUT2D eigenvalue weighted by atomic mass is 10.2. The van der Waals surface area contributed by atoms with E-state index in [-0.39, 0.29) is 34.7 Å². The fourth-order valence-corrected chi connectivity index (χ4v) is 3.39. The van der Waals surface area contributed by atoms with E-state index in [1.54, 1.807) is 23.1 Å². The van der Waals surface area contributed by atoms with Crippen LogP contribution in [0.1, 0.15) is 0 Å². The lowest BCUT2D eigenvalue weighted by Gasteiger charge is -2.36. The van der Waals surface area contributed by atoms with Crippen LogP contribution >= 0.6 is 0 Å². The van der Waals surface area contributed by atoms with Crippen molar-refractivity contribution in [3.63, 3.8) is 0 Å². The molecule has 0 unspecified atom stereocenters. The van der Waals surface area contributed by atoms with Crippen LogP contribution < -0.4 is 10.5 Å². The number of fused-ring (bicyclic) bond motifs is 1. The molecule has 0 bridgehead atoms. The molecule has 1 aliphatic heterocycles. The van der Waals surface area contributed by atoms with Gasteiger partial charge in [0.05, 0.1) is 22.9 Å². The van der Waals surface area contributed by atoms with Gasteiger partial charge in [0.1, 0.15) is 18.2 Å². The molecule has 2 aromatic carbocycles. The number of carbonyl (C=O) groups excluding carboxylic acids is 1. The molecule has 3 aromatic rings. The summed E-state index contributed by atoms with van der Waals surface area (Å²) < 4.78 is 28.4. The topological polar surface area (TPSA) is 58.4 Å². The first-order valence-electron chi connectivity index (χ1n) is 8.95. The molecule has 1 saturated heterocycles. The SMILES string of the molecule is O=C(Cn1cnc2cc(F)ccc2c1=O)N1CCN(c2ccccc2F)CC1. The van der Waals surface area contributed by atoms with Gasteiger partial charge in [0.25, 0.3) is 5.56 Å². The van der Waals surface area contributed by atoms with Crippen LogP contribution in [-0.2, 0) is 11.3 Å². The number of halogens is 2. The van der Waals surface area contributed by atoms with Gasteiger partial charge in [0.2, 0.25) is 5.91 Å². The number of hydrogen-bond donors (Lipinski definition) is 0. The van der Waals surface area contributed by atoms with Gasteiger partial charge in [-0.25, -0.2) is 13.8 Å². The summed E-state index contributed by atoms with van der Waals surface area (Å²) in [5.74, 6) is -0.966. The van der Waals surface area contributed by atoms with Crippen LogP contribution in [0.15, 0.2) is 53.6 Å². The minimum Gasteiger partial charge on any atom is -0.366 e. The second-order valence-electron chi connectivity index (χ2n) is 6.66. The predicted molar refractivity (Wildman–Crippen MR) is 101 cm³/mol. The van der Waals surface area contributed by atoms with Crippen molar-refractivity contribution in [2.75, 3.05) is 31.1 Å². The van der Waals surface area contributed by atoms with E-state index in [2.05, 4.69) is 4.98 Å². The Balaban J connectivity index is 1.45. The van der Waals surface area contributed by atoms with Crippen molar-refractivity contribution in [1.29, 1.82) is 0 Å². The minimum atomic E-state index is -0.471. The number of benzene rings is 2. The second kappa shape index (κ2) is 7.38. The Bertz CT molecular complexity index is 1090. The van der Waals surface area contributed by atoms with Crippen molar-refractivity contribution in [2.45, 2.75) is 6.54 Å². The molecule has 0 radical (unpaired) electrons. The molecule has 1 fully saturated rings. The van der Waals surface area contributed by atoms with E-state index < -0.39 is 5.82 Å². The van der Waals surface area contributed by atoms with Crippen molar-refractivity contribution in [3.05, 3.63) is 70.8 Å². The number of amides is 1. The zero-order valence-corrected chi connectivity index (χ0v) is 15.0. The van der Waals surface area contributed by atoms with E-state index in [0.29, 0.717) is 31.9 Å². The van der Waals surface area contributed by atoms with Crippen molar-refractivity contribution >= 4 is 22.5 Å². The van der Waals surface area contributed by atoms with Crippen molar-refractivity contribution in [2.24, 2.45) is 0 Å². The summed E-state index contributed by atoms with van der Waals surface area (Å²) in [6.07, 6.45) is 1.26. The Hall–Kier alpha value is -3.29. The second-order valence-corrected chi connectivity index (χ2v) is 6.66. The fourth-order valence-electron chi connectivity index (χ4n) is 3.39. The third kappa shape index (κ3) is 3.45. The highest BCUT2D eigenvalue weighted by molar-refractivity contribution is 5.79. The number of carbonyl (C=O) groups is 1. The normalized spacial score (nSPS) is 14.5. The van der Waals surface area contributed by atoms with Gasteiger partial charge in [0, 0.05) is 32.2 Å². The van der Waals surface area contributed by atoms with Crippen molar-refractivity contribution < 1.29 is 13.6 Å². The van der Waals surface area contributed by atoms with Gasteiger partial charge >= 0.3 is 0 Å². The summed E-state index contributed by atoms with van der Waals surface area (Å²) in [5, 5.41) is 0.265. The van der Waals surface area contributed by atoms with E-state index in [4.69, 9.17) is 0 Å². The molecular weight excluding hydrogens is 366 g/mol. The van der Waals surface area contributed by atoms with Crippen LogP contribution in [0, 0.1) is 11.6 Å². The highest BCUT2D eigenvalue weighted by atomic mass is 19.1. The van der Waals surface area contributed by atoms with Crippen LogP contribution in [0.2, 0.25) is 0 Å². The highest BCUT2D eigenvalue weighted by Crippen LogP contribution is 2.20. The largest absolute Gasteiger partial charge is 0.366 e. The van der Waals surface area contributed by atoms with E-state index in [9.17, 15) is 18.4 Å². The molecule has 0 aliphatic carbocycles. The third-order valence-corrected chi connectivity index (χ3v) is 4.92. The zero-order valence-electron chi connectivity index (χ0n) is 15.0. The van der Waals surface area contributed by atoms with E-state index >= 15 is 0 Å². The average Bonchev–Trinajstić information content (AvgIpc) is 2.70. The average molecular weight is 384 g/mol. The molecule has 0 N–H and O–H groups in total. The molecule has 144 valence electrons. The van der Waals surface area contributed by atoms with Gasteiger partial charge < -0.3 is 9.80 Å². The van der Waals surface area contributed by atoms with Gasteiger partial charge in [-0.05, 0) is 24.3 Å². The maximum absolute atomic E-state index is 13.9. The predicted octanol–water partition coefficient (Wildman–Crippen LogP) is 2.02. The molecule has 28 heavy (non-hydrogen) atoms. The molecule has 0 saturated carbocycles. The summed E-state index contributed by atoms with van der Waals surface area (Å²) in [4.78, 5) is 32.7. The van der Waals surface area contributed by atoms with Gasteiger partial charge in [0.15, 0.2) is 0 Å². The van der Waals surface area contributed by atoms with E-state index in [0.717, 1.165) is 0 Å². The number of para-hydroxylation sites is 1. The molecule has 1 aliphatic rings. The zero-order chi connectivity index (χ0) is 19.7. The number of nitrogens with zero attached hydrogens (tertiary/aromatic N) is 4. The first kappa shape index (κ1) is 18.1. The number of aromatic nitrogens is 2. The Labute approximate surface area is 159 Å². The third-order valence-electron chi connectivity index (χ3n) is 4.92. The number of anilines is 1. The lowest BCUT2D eigenvalue weighted by molar-refractivity contribution is -0.132. The molecule has 8 heteroatoms. The van der Waals surface area contributed by atoms with Gasteiger partial charge in [-0.1, -0.05) is 12.1 Å². The fraction of sp³-hybridized carbons (Fsp3) is 0.250. The summed E-state index contributed by atoms with van der Waals surface area (Å²) in [6, 6.07) is 10.3. The molecule has 1 amide bonds. The number of piperazine rings is 1. The van der Waals surface area contributed by atoms with Crippen LogP contribution in [0.3, 0.4) is 0 Å². The van der Waals surface area contributed by atoms with E-state index in [1.165, 1.54) is 35.2 Å². The molecule has 0 spiro atoms. The summed E-state index contributed by atoms with van der Waals surface area (Å²) in [6.45, 7) is 1.76. The first-order chi connectivity index (χ1) is 13.5. The highest BCUT2D eigenvalue weighted by Gasteiger charge is 2.23. The Morgan fingerprint density at radius 3 is 2.54 bits per heavy atom. The Morgan fingerprint density at radius 2 is 1.79 bits per heavy atom. The molecular formula is C20H18F2N4O2. The minimum absolute atomic E-state index is 0.140. The van der Waals surface area contributed by atoms with Crippen LogP contribution in [0.4, 0.5) is 14.5 Å². The van der Waals surface area contributed by atoms with E-state index in [1.807, 2.05) is 4.90 Å². The molecule has 1 aromatic heterocycles. The first-order valence-corrected chi connectivity index (χ1v) is 8.95. The maximum atomic E-state index is 13.9. The molecule has 4 rings (SSSR count). The molecule has 6 nitrogen and oxygen atoms in total. The van der Waals surface area contributed by atoms with Gasteiger partial charge in [-0.3, -0.25) is 14.2 Å². The van der Waals surface area contributed by atoms with Crippen molar-refractivity contribution in [1.82, 2.24) is 14.5 Å². The number of hydrogen-bond acceptors (Lipinski definition) is 4. The number of rotatable bonds is 3. The van der Waals surface area contributed by atoms with Crippen LogP contribution in [0.25, 0.3) is 10.9 Å². The molecule has 0 atom stereocenters. The van der Waals surface area contributed by atoms with Gasteiger partial charge in [-0.2, -0.15) is 0 Å². The van der Waals surface area contributed by atoms with Crippen molar-refractivity contribution in [3.8, 4) is 0 Å². The van der Waals surface area contributed by atoms with Gasteiger partial charge in [-0.15, -0.1) is 0 Å². The van der Waals surface area contributed by atoms with Crippen LogP contribution in [-0.4, -0.2) is 46.5 Å². The summed E-state index contributed by atoms with van der Waals surface area (Å²) in [7, 11) is 0. The standard InChI is InChI=1S/C20H18F2N4O2/c21-14-5-6-15-17(11-14)23-13-26(20(15)28)12-19(27)25-9-7-24(8-10-25)18-4-2-1-3-16(18)22/h1-6,11,13H,7-10,12H2. The Kier molecular flexibility index (Phi) is 4.77. The summed E-state index contributed by atoms with van der Waals surface area (Å²) in [5.41, 5.74) is 0.396. The Morgan fingerprint density at radius 1 is 1.04 bits per heavy atom. The monoisotopic (exact) mass is 384 g/mol. The quantitative estimate of drug-likeness (QED) is 0.693. The maximum Gasteiger partial charge on any atom is 0.261 e. The lowest BCUT2D eigenvalue weighted by Crippen LogP contribution is -2.50.